The third-order valence-electron chi connectivity index (χ3n) is 7.13. The number of rotatable bonds is 5. The van der Waals surface area contributed by atoms with E-state index < -0.39 is 0 Å². The van der Waals surface area contributed by atoms with Crippen molar-refractivity contribution in [2.75, 3.05) is 30.3 Å². The van der Waals surface area contributed by atoms with Crippen LogP contribution < -0.4 is 4.90 Å². The predicted octanol–water partition coefficient (Wildman–Crippen LogP) is 6.35. The molecule has 1 fully saturated rings. The van der Waals surface area contributed by atoms with E-state index in [1.165, 1.54) is 0 Å². The number of carbonyl (C=O) groups excluding carboxylic acids is 2. The van der Waals surface area contributed by atoms with Gasteiger partial charge in [0.05, 0.1) is 21.6 Å². The van der Waals surface area contributed by atoms with Crippen molar-refractivity contribution in [3.8, 4) is 16.3 Å². The van der Waals surface area contributed by atoms with Gasteiger partial charge < -0.3 is 4.90 Å². The van der Waals surface area contributed by atoms with Gasteiger partial charge in [-0.3, -0.25) is 14.5 Å². The van der Waals surface area contributed by atoms with Crippen LogP contribution in [-0.2, 0) is 9.59 Å². The summed E-state index contributed by atoms with van der Waals surface area (Å²) in [5.74, 6) is 0.745. The number of benzene rings is 2. The molecule has 2 aliphatic heterocycles. The highest BCUT2D eigenvalue weighted by Gasteiger charge is 2.39. The van der Waals surface area contributed by atoms with Crippen molar-refractivity contribution in [1.29, 1.82) is 0 Å². The van der Waals surface area contributed by atoms with E-state index in [1.54, 1.807) is 28.0 Å². The van der Waals surface area contributed by atoms with Crippen LogP contribution >= 0.6 is 34.7 Å². The van der Waals surface area contributed by atoms with Crippen LogP contribution in [0.25, 0.3) is 16.3 Å². The van der Waals surface area contributed by atoms with E-state index in [1.807, 2.05) is 76.5 Å². The average molecular weight is 563 g/mol. The Labute approximate surface area is 235 Å². The number of hydrogen-bond donors (Lipinski definition) is 0. The topological polar surface area (TPSA) is 58.4 Å². The number of hydrogen-bond acceptors (Lipinski definition) is 5. The van der Waals surface area contributed by atoms with Crippen LogP contribution in [0.5, 0.6) is 0 Å². The van der Waals surface area contributed by atoms with E-state index in [2.05, 4.69) is 6.07 Å². The molecule has 2 amide bonds. The van der Waals surface area contributed by atoms with Crippen molar-refractivity contribution in [1.82, 2.24) is 14.7 Å². The highest BCUT2D eigenvalue weighted by atomic mass is 35.5. The average Bonchev–Trinajstić information content (AvgIpc) is 3.69. The summed E-state index contributed by atoms with van der Waals surface area (Å²) >= 11 is 9.90. The van der Waals surface area contributed by atoms with Gasteiger partial charge in [-0.2, -0.15) is 5.10 Å². The van der Waals surface area contributed by atoms with Crippen LogP contribution in [0.3, 0.4) is 0 Å². The number of anilines is 1. The van der Waals surface area contributed by atoms with E-state index in [4.69, 9.17) is 16.7 Å². The maximum Gasteiger partial charge on any atom is 0.242 e. The highest BCUT2D eigenvalue weighted by molar-refractivity contribution is 8.00. The Morgan fingerprint density at radius 1 is 1.05 bits per heavy atom. The maximum atomic E-state index is 13.8. The molecule has 2 aromatic heterocycles. The van der Waals surface area contributed by atoms with Crippen molar-refractivity contribution in [3.05, 3.63) is 87.8 Å². The van der Waals surface area contributed by atoms with Crippen molar-refractivity contribution in [2.24, 2.45) is 0 Å². The third-order valence-corrected chi connectivity index (χ3v) is 9.58. The lowest BCUT2D eigenvalue weighted by Crippen LogP contribution is -2.43. The molecule has 0 aliphatic carbocycles. The predicted molar refractivity (Wildman–Crippen MR) is 156 cm³/mol. The molecule has 1 saturated heterocycles. The summed E-state index contributed by atoms with van der Waals surface area (Å²) in [6, 6.07) is 19.8. The number of aromatic nitrogens is 2. The fraction of sp³-hybridized carbons (Fsp3) is 0.276. The molecule has 2 aliphatic rings. The monoisotopic (exact) mass is 562 g/mol. The summed E-state index contributed by atoms with van der Waals surface area (Å²) in [7, 11) is 0. The van der Waals surface area contributed by atoms with Crippen LogP contribution in [0.1, 0.15) is 34.8 Å². The van der Waals surface area contributed by atoms with Crippen LogP contribution in [0.15, 0.2) is 66.0 Å². The lowest BCUT2D eigenvalue weighted by Gasteiger charge is -2.26. The summed E-state index contributed by atoms with van der Waals surface area (Å²) in [6.45, 7) is 3.50. The quantitative estimate of drug-likeness (QED) is 0.284. The molecule has 0 spiro atoms. The molecule has 1 atom stereocenters. The maximum absolute atomic E-state index is 13.8. The van der Waals surface area contributed by atoms with Crippen LogP contribution in [0.2, 0.25) is 5.02 Å². The number of fused-ring (bicyclic) bond motifs is 1. The van der Waals surface area contributed by atoms with Crippen molar-refractivity contribution in [2.45, 2.75) is 25.0 Å². The summed E-state index contributed by atoms with van der Waals surface area (Å²) < 4.78 is 1.87. The first kappa shape index (κ1) is 25.2. The van der Waals surface area contributed by atoms with Gasteiger partial charge in [0, 0.05) is 23.7 Å². The standard InChI is InChI=1S/C29H27ClN4O2S2/c1-19-9-2-5-12-22(19)34-29-26(27(31-34)23-13-8-16-37-23)28(20-10-3-4-11-21(20)30)38-18-25(36)33(29)17-24(35)32-14-6-7-15-32/h2-5,8-13,16,28H,6-7,14-15,17-18H2,1H3. The van der Waals surface area contributed by atoms with Gasteiger partial charge in [-0.15, -0.1) is 23.1 Å². The second kappa shape index (κ2) is 10.6. The number of para-hydroxylation sites is 1. The molecule has 4 heterocycles. The highest BCUT2D eigenvalue weighted by Crippen LogP contribution is 2.50. The van der Waals surface area contributed by atoms with Crippen LogP contribution in [0.4, 0.5) is 5.82 Å². The molecule has 6 rings (SSSR count). The van der Waals surface area contributed by atoms with Gasteiger partial charge in [0.15, 0.2) is 0 Å². The molecule has 4 aromatic rings. The number of nitrogens with zero attached hydrogens (tertiary/aromatic N) is 4. The second-order valence-electron chi connectivity index (χ2n) is 9.54. The SMILES string of the molecule is Cc1ccccc1-n1nc(-c2cccs2)c2c1N(CC(=O)N1CCCC1)C(=O)CSC2c1ccccc1Cl. The molecule has 0 radical (unpaired) electrons. The number of aryl methyl sites for hydroxylation is 1. The van der Waals surface area contributed by atoms with Crippen molar-refractivity contribution in [3.63, 3.8) is 0 Å². The Morgan fingerprint density at radius 2 is 1.82 bits per heavy atom. The Kier molecular flexibility index (Phi) is 7.03. The molecule has 0 N–H and O–H groups in total. The lowest BCUT2D eigenvalue weighted by molar-refractivity contribution is -0.130. The third kappa shape index (κ3) is 4.55. The fourth-order valence-electron chi connectivity index (χ4n) is 5.22. The zero-order valence-corrected chi connectivity index (χ0v) is 23.4. The number of thiophene rings is 1. The molecular weight excluding hydrogens is 536 g/mol. The normalized spacial score (nSPS) is 17.5. The van der Waals surface area contributed by atoms with Crippen molar-refractivity contribution >= 4 is 52.3 Å². The van der Waals surface area contributed by atoms with Gasteiger partial charge in [0.1, 0.15) is 18.1 Å². The molecule has 6 nitrogen and oxygen atoms in total. The van der Waals surface area contributed by atoms with E-state index >= 15 is 0 Å². The van der Waals surface area contributed by atoms with Gasteiger partial charge >= 0.3 is 0 Å². The lowest BCUT2D eigenvalue weighted by atomic mass is 10.0. The summed E-state index contributed by atoms with van der Waals surface area (Å²) in [6.07, 6.45) is 2.00. The van der Waals surface area contributed by atoms with Gasteiger partial charge in [0.25, 0.3) is 0 Å². The molecule has 2 aromatic carbocycles. The number of halogens is 1. The first-order valence-corrected chi connectivity index (χ1v) is 15.0. The Hall–Kier alpha value is -3.07. The Bertz CT molecular complexity index is 1490. The van der Waals surface area contributed by atoms with E-state index in [9.17, 15) is 9.59 Å². The zero-order chi connectivity index (χ0) is 26.2. The van der Waals surface area contributed by atoms with E-state index in [0.29, 0.717) is 10.8 Å². The fourth-order valence-corrected chi connectivity index (χ4v) is 7.49. The number of thioether (sulfide) groups is 1. The first-order valence-electron chi connectivity index (χ1n) is 12.7. The van der Waals surface area contributed by atoms with Crippen molar-refractivity contribution < 1.29 is 9.59 Å². The van der Waals surface area contributed by atoms with Gasteiger partial charge in [-0.1, -0.05) is 54.1 Å². The molecule has 9 heteroatoms. The Balaban J connectivity index is 1.62. The summed E-state index contributed by atoms with van der Waals surface area (Å²) in [4.78, 5) is 31.8. The van der Waals surface area contributed by atoms with Gasteiger partial charge in [-0.25, -0.2) is 4.68 Å². The largest absolute Gasteiger partial charge is 0.341 e. The molecule has 0 bridgehead atoms. The smallest absolute Gasteiger partial charge is 0.242 e. The zero-order valence-electron chi connectivity index (χ0n) is 21.0. The number of likely N-dealkylation sites (tertiary alicyclic amines) is 1. The van der Waals surface area contributed by atoms with E-state index in [-0.39, 0.29) is 29.4 Å². The molecule has 1 unspecified atom stereocenters. The molecule has 0 saturated carbocycles. The van der Waals surface area contributed by atoms with Gasteiger partial charge in [0.2, 0.25) is 11.8 Å². The minimum Gasteiger partial charge on any atom is -0.341 e. The second-order valence-corrected chi connectivity index (χ2v) is 12.0. The molecular formula is C29H27ClN4O2S2. The summed E-state index contributed by atoms with van der Waals surface area (Å²) in [5, 5.41) is 7.60. The van der Waals surface area contributed by atoms with Crippen LogP contribution in [0, 0.1) is 6.92 Å². The minimum atomic E-state index is -0.232. The minimum absolute atomic E-state index is 0.0108. The van der Waals surface area contributed by atoms with Gasteiger partial charge in [-0.05, 0) is 54.5 Å². The number of carbonyl (C=O) groups is 2. The molecule has 38 heavy (non-hydrogen) atoms. The number of amides is 2. The summed E-state index contributed by atoms with van der Waals surface area (Å²) in [5.41, 5.74) is 4.56. The first-order chi connectivity index (χ1) is 18.5. The molecule has 194 valence electrons. The van der Waals surface area contributed by atoms with Crippen LogP contribution in [-0.4, -0.2) is 51.9 Å². The Morgan fingerprint density at radius 3 is 2.55 bits per heavy atom. The van der Waals surface area contributed by atoms with E-state index in [0.717, 1.165) is 58.9 Å².